The number of nitrogens with zero attached hydrogens (tertiary/aromatic N) is 1. The van der Waals surface area contributed by atoms with Crippen LogP contribution in [0.5, 0.6) is 0 Å². The van der Waals surface area contributed by atoms with E-state index in [1.165, 1.54) is 5.56 Å². The first-order chi connectivity index (χ1) is 9.24. The lowest BCUT2D eigenvalue weighted by molar-refractivity contribution is -0.124. The molecule has 1 amide bonds. The van der Waals surface area contributed by atoms with Crippen molar-refractivity contribution in [1.82, 2.24) is 0 Å². The number of hydrogen-bond donors (Lipinski definition) is 0. The van der Waals surface area contributed by atoms with Crippen LogP contribution in [-0.4, -0.2) is 24.2 Å². The predicted molar refractivity (Wildman–Crippen MR) is 73.1 cm³/mol. The molecule has 3 aliphatic rings. The summed E-state index contributed by atoms with van der Waals surface area (Å²) in [6, 6.07) is 8.57. The van der Waals surface area contributed by atoms with E-state index in [0.29, 0.717) is 6.10 Å². The number of benzene rings is 1. The highest BCUT2D eigenvalue weighted by Crippen LogP contribution is 2.42. The fourth-order valence-electron chi connectivity index (χ4n) is 3.98. The van der Waals surface area contributed by atoms with Crippen LogP contribution in [0.1, 0.15) is 31.7 Å². The Morgan fingerprint density at radius 3 is 2.89 bits per heavy atom. The zero-order valence-electron chi connectivity index (χ0n) is 11.2. The second kappa shape index (κ2) is 4.07. The third-order valence-corrected chi connectivity index (χ3v) is 4.87. The fraction of sp³-hybridized carbons (Fsp3) is 0.562. The van der Waals surface area contributed by atoms with E-state index < -0.39 is 0 Å². The van der Waals surface area contributed by atoms with Gasteiger partial charge in [0.05, 0.1) is 18.1 Å². The fourth-order valence-corrected chi connectivity index (χ4v) is 3.98. The van der Waals surface area contributed by atoms with Gasteiger partial charge < -0.3 is 9.64 Å². The number of amides is 1. The van der Waals surface area contributed by atoms with Gasteiger partial charge >= 0.3 is 0 Å². The Labute approximate surface area is 113 Å². The van der Waals surface area contributed by atoms with Crippen LogP contribution in [0.25, 0.3) is 0 Å². The molecule has 0 saturated carbocycles. The monoisotopic (exact) mass is 257 g/mol. The molecule has 0 N–H and O–H groups in total. The molecule has 1 aromatic carbocycles. The van der Waals surface area contributed by atoms with Crippen molar-refractivity contribution in [3.05, 3.63) is 29.8 Å². The van der Waals surface area contributed by atoms with Crippen LogP contribution in [0, 0.1) is 5.92 Å². The third kappa shape index (κ3) is 1.64. The molecule has 4 unspecified atom stereocenters. The van der Waals surface area contributed by atoms with Crippen LogP contribution in [0.15, 0.2) is 24.3 Å². The predicted octanol–water partition coefficient (Wildman–Crippen LogP) is 2.53. The third-order valence-electron chi connectivity index (χ3n) is 4.87. The molecule has 0 aliphatic carbocycles. The van der Waals surface area contributed by atoms with Crippen LogP contribution in [0.3, 0.4) is 0 Å². The number of rotatable bonds is 1. The summed E-state index contributed by atoms with van der Waals surface area (Å²) < 4.78 is 5.84. The molecule has 4 rings (SSSR count). The van der Waals surface area contributed by atoms with Crippen molar-refractivity contribution in [3.63, 3.8) is 0 Å². The van der Waals surface area contributed by atoms with Crippen LogP contribution < -0.4 is 4.90 Å². The number of fused-ring (bicyclic) bond motifs is 3. The van der Waals surface area contributed by atoms with Crippen LogP contribution >= 0.6 is 0 Å². The zero-order chi connectivity index (χ0) is 13.0. The Morgan fingerprint density at radius 2 is 2.16 bits per heavy atom. The maximum Gasteiger partial charge on any atom is 0.233 e. The van der Waals surface area contributed by atoms with Crippen molar-refractivity contribution in [1.29, 1.82) is 0 Å². The smallest absolute Gasteiger partial charge is 0.233 e. The normalized spacial score (nSPS) is 35.7. The summed E-state index contributed by atoms with van der Waals surface area (Å²) in [5.74, 6) is 0.372. The van der Waals surface area contributed by atoms with Crippen molar-refractivity contribution < 1.29 is 9.53 Å². The van der Waals surface area contributed by atoms with Gasteiger partial charge in [-0.3, -0.25) is 4.79 Å². The number of ether oxygens (including phenoxy) is 1. The Morgan fingerprint density at radius 1 is 1.32 bits per heavy atom. The molecule has 0 spiro atoms. The summed E-state index contributed by atoms with van der Waals surface area (Å²) in [6.07, 6.45) is 4.62. The molecule has 3 nitrogen and oxygen atoms in total. The number of carbonyl (C=O) groups excluding carboxylic acids is 1. The summed E-state index contributed by atoms with van der Waals surface area (Å²) in [5, 5.41) is 0. The average Bonchev–Trinajstić information content (AvgIpc) is 3.10. The lowest BCUT2D eigenvalue weighted by Gasteiger charge is -2.28. The highest BCUT2D eigenvalue weighted by molar-refractivity contribution is 5.98. The van der Waals surface area contributed by atoms with Crippen molar-refractivity contribution in [3.8, 4) is 0 Å². The molecular weight excluding hydrogens is 238 g/mol. The molecular formula is C16H19NO2. The maximum absolute atomic E-state index is 12.9. The van der Waals surface area contributed by atoms with Crippen LogP contribution in [0.2, 0.25) is 0 Å². The molecule has 1 aromatic rings. The van der Waals surface area contributed by atoms with E-state index in [2.05, 4.69) is 25.1 Å². The first-order valence-corrected chi connectivity index (χ1v) is 7.30. The Kier molecular flexibility index (Phi) is 2.46. The number of carbonyl (C=O) groups is 1. The number of para-hydroxylation sites is 1. The van der Waals surface area contributed by atoms with Gasteiger partial charge in [0.15, 0.2) is 0 Å². The highest BCUT2D eigenvalue weighted by atomic mass is 16.5. The van der Waals surface area contributed by atoms with Gasteiger partial charge in [-0.2, -0.15) is 0 Å². The lowest BCUT2D eigenvalue weighted by atomic mass is 9.88. The molecule has 2 saturated heterocycles. The topological polar surface area (TPSA) is 29.5 Å². The standard InChI is InChI=1S/C16H19NO2/c1-10-8-11-4-2-3-5-14(11)17(10)16(18)13-9-12-6-7-15(13)19-12/h2-5,10,12-13,15H,6-9H2,1H3. The van der Waals surface area contributed by atoms with Gasteiger partial charge in [-0.15, -0.1) is 0 Å². The molecule has 3 heterocycles. The zero-order valence-corrected chi connectivity index (χ0v) is 11.2. The van der Waals surface area contributed by atoms with Gasteiger partial charge in [-0.25, -0.2) is 0 Å². The van der Waals surface area contributed by atoms with Gasteiger partial charge in [0, 0.05) is 11.7 Å². The quantitative estimate of drug-likeness (QED) is 0.773. The van der Waals surface area contributed by atoms with E-state index in [9.17, 15) is 4.79 Å². The Hall–Kier alpha value is -1.35. The second-order valence-corrected chi connectivity index (χ2v) is 6.11. The van der Waals surface area contributed by atoms with E-state index in [1.54, 1.807) is 0 Å². The minimum Gasteiger partial charge on any atom is -0.374 e. The molecule has 4 atom stereocenters. The first kappa shape index (κ1) is 11.5. The van der Waals surface area contributed by atoms with E-state index in [4.69, 9.17) is 4.74 Å². The van der Waals surface area contributed by atoms with Gasteiger partial charge in [0.2, 0.25) is 5.91 Å². The summed E-state index contributed by atoms with van der Waals surface area (Å²) in [5.41, 5.74) is 2.41. The highest BCUT2D eigenvalue weighted by Gasteiger charge is 2.47. The lowest BCUT2D eigenvalue weighted by Crippen LogP contribution is -2.43. The minimum absolute atomic E-state index is 0.0901. The maximum atomic E-state index is 12.9. The number of anilines is 1. The van der Waals surface area contributed by atoms with Gasteiger partial charge in [0.1, 0.15) is 0 Å². The minimum atomic E-state index is 0.0901. The largest absolute Gasteiger partial charge is 0.374 e. The average molecular weight is 257 g/mol. The Balaban J connectivity index is 1.64. The van der Waals surface area contributed by atoms with E-state index >= 15 is 0 Å². The summed E-state index contributed by atoms with van der Waals surface area (Å²) in [6.45, 7) is 2.14. The molecule has 19 heavy (non-hydrogen) atoms. The summed E-state index contributed by atoms with van der Waals surface area (Å²) in [4.78, 5) is 14.9. The van der Waals surface area contributed by atoms with Crippen molar-refractivity contribution in [2.45, 2.75) is 50.9 Å². The van der Waals surface area contributed by atoms with Crippen molar-refractivity contribution in [2.24, 2.45) is 5.92 Å². The molecule has 0 radical (unpaired) electrons. The van der Waals surface area contributed by atoms with Gasteiger partial charge in [-0.1, -0.05) is 18.2 Å². The Bertz CT molecular complexity index is 527. The molecule has 2 bridgehead atoms. The van der Waals surface area contributed by atoms with E-state index in [0.717, 1.165) is 31.4 Å². The van der Waals surface area contributed by atoms with E-state index in [-0.39, 0.29) is 24.0 Å². The number of hydrogen-bond acceptors (Lipinski definition) is 2. The molecule has 3 heteroatoms. The SMILES string of the molecule is CC1Cc2ccccc2N1C(=O)C1CC2CCC1O2. The van der Waals surface area contributed by atoms with E-state index in [1.807, 2.05) is 11.0 Å². The summed E-state index contributed by atoms with van der Waals surface area (Å²) in [7, 11) is 0. The molecule has 3 aliphatic heterocycles. The van der Waals surface area contributed by atoms with Gasteiger partial charge in [0.25, 0.3) is 0 Å². The molecule has 0 aromatic heterocycles. The summed E-state index contributed by atoms with van der Waals surface area (Å²) >= 11 is 0. The first-order valence-electron chi connectivity index (χ1n) is 7.30. The second-order valence-electron chi connectivity index (χ2n) is 6.11. The molecule has 100 valence electrons. The molecule has 2 fully saturated rings. The van der Waals surface area contributed by atoms with Crippen LogP contribution in [0.4, 0.5) is 5.69 Å². The van der Waals surface area contributed by atoms with Crippen molar-refractivity contribution >= 4 is 11.6 Å². The van der Waals surface area contributed by atoms with Crippen molar-refractivity contribution in [2.75, 3.05) is 4.90 Å². The van der Waals surface area contributed by atoms with Crippen LogP contribution in [-0.2, 0) is 16.0 Å². The van der Waals surface area contributed by atoms with Gasteiger partial charge in [-0.05, 0) is 44.2 Å².